The van der Waals surface area contributed by atoms with Crippen LogP contribution in [0.5, 0.6) is 5.75 Å². The zero-order valence-electron chi connectivity index (χ0n) is 22.3. The van der Waals surface area contributed by atoms with Crippen LogP contribution >= 0.6 is 0 Å². The number of carbonyl (C=O) groups excluding carboxylic acids is 1. The normalized spacial score (nSPS) is 17.9. The van der Waals surface area contributed by atoms with Crippen LogP contribution in [0.3, 0.4) is 0 Å². The highest BCUT2D eigenvalue weighted by molar-refractivity contribution is 5.99. The summed E-state index contributed by atoms with van der Waals surface area (Å²) < 4.78 is 18.8. The lowest BCUT2D eigenvalue weighted by molar-refractivity contribution is -0.132. The van der Waals surface area contributed by atoms with Crippen molar-refractivity contribution in [2.75, 3.05) is 26.7 Å². The smallest absolute Gasteiger partial charge is 0.317 e. The number of likely N-dealkylation sites (N-methyl/N-ethyl adjacent to an activating group) is 1. The van der Waals surface area contributed by atoms with Crippen molar-refractivity contribution in [2.24, 2.45) is 5.92 Å². The van der Waals surface area contributed by atoms with Crippen molar-refractivity contribution in [3.63, 3.8) is 0 Å². The second-order valence-corrected chi connectivity index (χ2v) is 11.0. The minimum absolute atomic E-state index is 0.00625. The number of rotatable bonds is 6. The maximum absolute atomic E-state index is 16.0. The van der Waals surface area contributed by atoms with E-state index in [1.807, 2.05) is 31.3 Å². The van der Waals surface area contributed by atoms with Crippen molar-refractivity contribution in [3.05, 3.63) is 87.7 Å². The van der Waals surface area contributed by atoms with Gasteiger partial charge in [0.05, 0.1) is 11.0 Å². The van der Waals surface area contributed by atoms with Crippen LogP contribution in [0.4, 0.5) is 4.39 Å². The van der Waals surface area contributed by atoms with Crippen LogP contribution in [-0.4, -0.2) is 62.7 Å². The van der Waals surface area contributed by atoms with Crippen molar-refractivity contribution < 1.29 is 14.3 Å². The molecule has 8 nitrogen and oxygen atoms in total. The Labute approximate surface area is 230 Å². The third-order valence-corrected chi connectivity index (χ3v) is 8.40. The van der Waals surface area contributed by atoms with Gasteiger partial charge >= 0.3 is 11.1 Å². The molecule has 206 valence electrons. The maximum Gasteiger partial charge on any atom is 0.317 e. The van der Waals surface area contributed by atoms with E-state index in [4.69, 9.17) is 0 Å². The molecule has 0 radical (unpaired) electrons. The number of phenolic OH excluding ortho intramolecular Hbond substituents is 1. The predicted octanol–water partition coefficient (Wildman–Crippen LogP) is 3.57. The number of nitrogens with zero attached hydrogens (tertiary/aromatic N) is 4. The van der Waals surface area contributed by atoms with Crippen molar-refractivity contribution >= 4 is 27.7 Å². The number of aromatic hydroxyl groups is 1. The molecule has 0 spiro atoms. The van der Waals surface area contributed by atoms with E-state index in [0.717, 1.165) is 30.2 Å². The second kappa shape index (κ2) is 10.1. The van der Waals surface area contributed by atoms with Crippen LogP contribution in [0.2, 0.25) is 0 Å². The molecule has 0 aliphatic carbocycles. The Morgan fingerprint density at radius 1 is 1.02 bits per heavy atom. The van der Waals surface area contributed by atoms with Gasteiger partial charge in [0, 0.05) is 49.8 Å². The molecule has 4 aromatic rings. The summed E-state index contributed by atoms with van der Waals surface area (Å²) in [5, 5.41) is 11.9. The highest BCUT2D eigenvalue weighted by Crippen LogP contribution is 2.36. The number of aromatic nitrogens is 2. The van der Waals surface area contributed by atoms with E-state index < -0.39 is 16.9 Å². The summed E-state index contributed by atoms with van der Waals surface area (Å²) in [6.07, 6.45) is 3.15. The first-order valence-corrected chi connectivity index (χ1v) is 13.6. The number of phenols is 1. The van der Waals surface area contributed by atoms with E-state index in [1.54, 1.807) is 17.0 Å². The molecular weight excluding hydrogens is 511 g/mol. The zero-order chi connectivity index (χ0) is 28.1. The van der Waals surface area contributed by atoms with E-state index in [9.17, 15) is 19.5 Å². The summed E-state index contributed by atoms with van der Waals surface area (Å²) >= 11 is 0. The Morgan fingerprint density at radius 3 is 2.42 bits per heavy atom. The Bertz CT molecular complexity index is 1790. The summed E-state index contributed by atoms with van der Waals surface area (Å²) in [6, 6.07) is 13.6. The molecular formula is C31H31FN4O4. The first-order chi connectivity index (χ1) is 19.2. The fourth-order valence-corrected chi connectivity index (χ4v) is 6.19. The Hall–Kier alpha value is -4.24. The van der Waals surface area contributed by atoms with Gasteiger partial charge in [-0.15, -0.1) is 0 Å². The van der Waals surface area contributed by atoms with Gasteiger partial charge in [-0.3, -0.25) is 14.4 Å². The number of carbonyl (C=O) groups is 1. The highest BCUT2D eigenvalue weighted by Gasteiger charge is 2.31. The Balaban J connectivity index is 1.54. The molecule has 3 heterocycles. The number of benzene rings is 3. The maximum atomic E-state index is 16.0. The third kappa shape index (κ3) is 4.40. The van der Waals surface area contributed by atoms with Gasteiger partial charge in [0.15, 0.2) is 0 Å². The average Bonchev–Trinajstić information content (AvgIpc) is 3.33. The van der Waals surface area contributed by atoms with Crippen LogP contribution in [0.15, 0.2) is 70.8 Å². The molecule has 3 aromatic carbocycles. The van der Waals surface area contributed by atoms with Gasteiger partial charge in [0.1, 0.15) is 11.6 Å². The second-order valence-electron chi connectivity index (χ2n) is 11.0. The molecule has 1 aromatic heterocycles. The van der Waals surface area contributed by atoms with Crippen LogP contribution in [-0.2, 0) is 17.9 Å². The number of halogens is 1. The first kappa shape index (κ1) is 26.0. The predicted molar refractivity (Wildman–Crippen MR) is 153 cm³/mol. The van der Waals surface area contributed by atoms with Crippen LogP contribution in [0, 0.1) is 11.7 Å². The molecule has 1 amide bonds. The SMILES string of the molecule is C=CC(=O)N1CC(Cn2c(=O)c(=O)n(C[C@@H]3CCCN3C)c3cc(-c4cc(O)cc5ccccc45)c(F)cc32)C1. The lowest BCUT2D eigenvalue weighted by atomic mass is 9.96. The average molecular weight is 543 g/mol. The molecule has 6 rings (SSSR count). The van der Waals surface area contributed by atoms with E-state index in [0.29, 0.717) is 36.2 Å². The minimum atomic E-state index is -0.698. The van der Waals surface area contributed by atoms with Crippen molar-refractivity contribution in [3.8, 4) is 16.9 Å². The summed E-state index contributed by atoms with van der Waals surface area (Å²) in [6.45, 7) is 5.81. The lowest BCUT2D eigenvalue weighted by Gasteiger charge is -2.39. The summed E-state index contributed by atoms with van der Waals surface area (Å²) in [5.41, 5.74) is 0.198. The number of likely N-dealkylation sites (tertiary alicyclic amines) is 2. The molecule has 2 aliphatic rings. The van der Waals surface area contributed by atoms with Crippen molar-refractivity contribution in [1.82, 2.24) is 18.9 Å². The number of amides is 1. The summed E-state index contributed by atoms with van der Waals surface area (Å²) in [5.74, 6) is -0.777. The van der Waals surface area contributed by atoms with Crippen molar-refractivity contribution in [1.29, 1.82) is 0 Å². The Kier molecular flexibility index (Phi) is 6.54. The number of hydrogen-bond donors (Lipinski definition) is 1. The summed E-state index contributed by atoms with van der Waals surface area (Å²) in [7, 11) is 2.00. The topological polar surface area (TPSA) is 87.8 Å². The van der Waals surface area contributed by atoms with E-state index in [1.165, 1.54) is 27.3 Å². The molecule has 2 saturated heterocycles. The highest BCUT2D eigenvalue weighted by atomic mass is 19.1. The number of hydrogen-bond acceptors (Lipinski definition) is 5. The van der Waals surface area contributed by atoms with Gasteiger partial charge in [-0.25, -0.2) is 4.39 Å². The minimum Gasteiger partial charge on any atom is -0.508 e. The van der Waals surface area contributed by atoms with Crippen LogP contribution < -0.4 is 11.1 Å². The standard InChI is InChI=1S/C31H31FN4O4/c1-3-29(38)34-15-19(16-34)17-35-28-14-26(32)25(24-12-22(37)11-20-7-4-5-9-23(20)24)13-27(28)36(31(40)30(35)39)18-21-8-6-10-33(21)2/h3-5,7,9,11-14,19,21,37H,1,6,8,10,15-18H2,2H3/t21-/m0/s1. The van der Waals surface area contributed by atoms with Gasteiger partial charge < -0.3 is 24.0 Å². The quantitative estimate of drug-likeness (QED) is 0.297. The summed E-state index contributed by atoms with van der Waals surface area (Å²) in [4.78, 5) is 42.8. The third-order valence-electron chi connectivity index (χ3n) is 8.40. The monoisotopic (exact) mass is 542 g/mol. The fraction of sp³-hybridized carbons (Fsp3) is 0.323. The van der Waals surface area contributed by atoms with Gasteiger partial charge in [-0.2, -0.15) is 0 Å². The number of fused-ring (bicyclic) bond motifs is 2. The molecule has 40 heavy (non-hydrogen) atoms. The largest absolute Gasteiger partial charge is 0.508 e. The Morgan fingerprint density at radius 2 is 1.73 bits per heavy atom. The van der Waals surface area contributed by atoms with E-state index in [2.05, 4.69) is 11.5 Å². The van der Waals surface area contributed by atoms with E-state index >= 15 is 4.39 Å². The van der Waals surface area contributed by atoms with Crippen LogP contribution in [0.1, 0.15) is 12.8 Å². The molecule has 1 N–H and O–H groups in total. The molecule has 0 unspecified atom stereocenters. The fourth-order valence-electron chi connectivity index (χ4n) is 6.19. The van der Waals surface area contributed by atoms with Gasteiger partial charge in [-0.05, 0) is 67.0 Å². The molecule has 0 bridgehead atoms. The van der Waals surface area contributed by atoms with Crippen LogP contribution in [0.25, 0.3) is 32.9 Å². The molecule has 2 aliphatic heterocycles. The van der Waals surface area contributed by atoms with Gasteiger partial charge in [-0.1, -0.05) is 30.8 Å². The lowest BCUT2D eigenvalue weighted by Crippen LogP contribution is -2.53. The molecule has 0 saturated carbocycles. The van der Waals surface area contributed by atoms with Crippen molar-refractivity contribution in [2.45, 2.75) is 32.0 Å². The van der Waals surface area contributed by atoms with E-state index in [-0.39, 0.29) is 35.7 Å². The first-order valence-electron chi connectivity index (χ1n) is 13.6. The van der Waals surface area contributed by atoms with Gasteiger partial charge in [0.2, 0.25) is 5.91 Å². The zero-order valence-corrected chi connectivity index (χ0v) is 22.3. The molecule has 2 fully saturated rings. The van der Waals surface area contributed by atoms with Gasteiger partial charge in [0.25, 0.3) is 0 Å². The molecule has 1 atom stereocenters. The molecule has 9 heteroatoms.